The molecular formula is C16H30ClN3O. The molecule has 0 aliphatic rings. The zero-order chi connectivity index (χ0) is 15.7. The standard InChI is InChI=1S/C16H30ClN3O/c1-5-8-9-13(6-2)15(18-7-3)16-14(17)12-19-20(16)10-11-21-4/h12-13,15,18H,5-11H2,1-4H3. The average molecular weight is 316 g/mol. The van der Waals surface area contributed by atoms with E-state index < -0.39 is 0 Å². The molecule has 0 aliphatic carbocycles. The lowest BCUT2D eigenvalue weighted by Crippen LogP contribution is -2.31. The van der Waals surface area contributed by atoms with Crippen LogP contribution in [0.25, 0.3) is 0 Å². The van der Waals surface area contributed by atoms with E-state index in [2.05, 4.69) is 31.2 Å². The molecule has 4 nitrogen and oxygen atoms in total. The lowest BCUT2D eigenvalue weighted by Gasteiger charge is -2.28. The highest BCUT2D eigenvalue weighted by molar-refractivity contribution is 6.31. The van der Waals surface area contributed by atoms with Crippen LogP contribution in [0.5, 0.6) is 0 Å². The van der Waals surface area contributed by atoms with Gasteiger partial charge in [0.1, 0.15) is 0 Å². The molecule has 0 saturated heterocycles. The summed E-state index contributed by atoms with van der Waals surface area (Å²) in [6.45, 7) is 8.96. The van der Waals surface area contributed by atoms with Crippen molar-refractivity contribution < 1.29 is 4.74 Å². The van der Waals surface area contributed by atoms with Gasteiger partial charge in [0.05, 0.1) is 36.1 Å². The molecule has 1 aromatic heterocycles. The highest BCUT2D eigenvalue weighted by Crippen LogP contribution is 2.33. The minimum atomic E-state index is 0.262. The minimum absolute atomic E-state index is 0.262. The Labute approximate surface area is 134 Å². The molecule has 2 unspecified atom stereocenters. The maximum Gasteiger partial charge on any atom is 0.0834 e. The average Bonchev–Trinajstić information content (AvgIpc) is 2.85. The summed E-state index contributed by atoms with van der Waals surface area (Å²) < 4.78 is 7.17. The van der Waals surface area contributed by atoms with Crippen LogP contribution in [0, 0.1) is 5.92 Å². The largest absolute Gasteiger partial charge is 0.383 e. The predicted molar refractivity (Wildman–Crippen MR) is 88.8 cm³/mol. The molecule has 5 heteroatoms. The van der Waals surface area contributed by atoms with E-state index in [0.29, 0.717) is 12.5 Å². The number of nitrogens with zero attached hydrogens (tertiary/aromatic N) is 2. The fourth-order valence-electron chi connectivity index (χ4n) is 2.82. The molecule has 0 fully saturated rings. The Kier molecular flexibility index (Phi) is 8.97. The van der Waals surface area contributed by atoms with Gasteiger partial charge < -0.3 is 10.1 Å². The van der Waals surface area contributed by atoms with Gasteiger partial charge in [-0.15, -0.1) is 0 Å². The van der Waals surface area contributed by atoms with Crippen LogP contribution in [0.4, 0.5) is 0 Å². The Morgan fingerprint density at radius 1 is 1.38 bits per heavy atom. The van der Waals surface area contributed by atoms with Crippen LogP contribution in [-0.2, 0) is 11.3 Å². The molecule has 122 valence electrons. The Balaban J connectivity index is 2.99. The van der Waals surface area contributed by atoms with Crippen molar-refractivity contribution in [2.24, 2.45) is 5.92 Å². The molecule has 0 saturated carbocycles. The zero-order valence-electron chi connectivity index (χ0n) is 13.9. The van der Waals surface area contributed by atoms with Gasteiger partial charge in [-0.25, -0.2) is 0 Å². The summed E-state index contributed by atoms with van der Waals surface area (Å²) in [5, 5.41) is 8.79. The fourth-order valence-corrected chi connectivity index (χ4v) is 3.08. The van der Waals surface area contributed by atoms with Crippen molar-refractivity contribution in [3.8, 4) is 0 Å². The zero-order valence-corrected chi connectivity index (χ0v) is 14.6. The summed E-state index contributed by atoms with van der Waals surface area (Å²) in [4.78, 5) is 0. The van der Waals surface area contributed by atoms with Crippen LogP contribution in [0.1, 0.15) is 58.2 Å². The monoisotopic (exact) mass is 315 g/mol. The third-order valence-corrected chi connectivity index (χ3v) is 4.27. The molecule has 2 atom stereocenters. The smallest absolute Gasteiger partial charge is 0.0834 e. The van der Waals surface area contributed by atoms with E-state index in [1.165, 1.54) is 19.3 Å². The molecule has 0 bridgehead atoms. The van der Waals surface area contributed by atoms with Gasteiger partial charge in [0.2, 0.25) is 0 Å². The SMILES string of the molecule is CCCCC(CC)C(NCC)c1c(Cl)cnn1CCOC. The number of hydrogen-bond donors (Lipinski definition) is 1. The predicted octanol–water partition coefficient (Wildman–Crippen LogP) is 4.05. The van der Waals surface area contributed by atoms with Crippen molar-refractivity contribution >= 4 is 11.6 Å². The summed E-state index contributed by atoms with van der Waals surface area (Å²) in [6.07, 6.45) is 6.60. The first kappa shape index (κ1) is 18.5. The number of halogens is 1. The Morgan fingerprint density at radius 3 is 2.71 bits per heavy atom. The molecule has 0 radical (unpaired) electrons. The second-order valence-corrected chi connectivity index (χ2v) is 5.85. The van der Waals surface area contributed by atoms with Crippen molar-refractivity contribution in [3.63, 3.8) is 0 Å². The second-order valence-electron chi connectivity index (χ2n) is 5.44. The van der Waals surface area contributed by atoms with Crippen molar-refractivity contribution in [3.05, 3.63) is 16.9 Å². The van der Waals surface area contributed by atoms with E-state index in [-0.39, 0.29) is 6.04 Å². The lowest BCUT2D eigenvalue weighted by molar-refractivity contribution is 0.180. The van der Waals surface area contributed by atoms with Crippen LogP contribution >= 0.6 is 11.6 Å². The maximum atomic E-state index is 6.43. The summed E-state index contributed by atoms with van der Waals surface area (Å²) >= 11 is 6.43. The summed E-state index contributed by atoms with van der Waals surface area (Å²) in [5.74, 6) is 0.584. The number of methoxy groups -OCH3 is 1. The fraction of sp³-hybridized carbons (Fsp3) is 0.812. The highest BCUT2D eigenvalue weighted by Gasteiger charge is 2.26. The van der Waals surface area contributed by atoms with E-state index in [0.717, 1.165) is 30.2 Å². The Bertz CT molecular complexity index is 395. The normalized spacial score (nSPS) is 14.3. The number of rotatable bonds is 11. The van der Waals surface area contributed by atoms with E-state index >= 15 is 0 Å². The van der Waals surface area contributed by atoms with Gasteiger partial charge in [-0.05, 0) is 18.9 Å². The van der Waals surface area contributed by atoms with Crippen LogP contribution < -0.4 is 5.32 Å². The van der Waals surface area contributed by atoms with Gasteiger partial charge in [0, 0.05) is 7.11 Å². The molecule has 0 aromatic carbocycles. The van der Waals surface area contributed by atoms with Gasteiger partial charge in [0.25, 0.3) is 0 Å². The number of aromatic nitrogens is 2. The third kappa shape index (κ3) is 5.28. The first-order valence-electron chi connectivity index (χ1n) is 8.12. The molecule has 0 spiro atoms. The van der Waals surface area contributed by atoms with E-state index in [1.54, 1.807) is 13.3 Å². The molecular weight excluding hydrogens is 286 g/mol. The second kappa shape index (κ2) is 10.2. The summed E-state index contributed by atoms with van der Waals surface area (Å²) in [5.41, 5.74) is 1.11. The lowest BCUT2D eigenvalue weighted by atomic mass is 9.89. The topological polar surface area (TPSA) is 39.1 Å². The molecule has 1 N–H and O–H groups in total. The molecule has 0 aliphatic heterocycles. The van der Waals surface area contributed by atoms with Crippen molar-refractivity contribution in [1.82, 2.24) is 15.1 Å². The van der Waals surface area contributed by atoms with Crippen molar-refractivity contribution in [2.45, 2.75) is 59.0 Å². The van der Waals surface area contributed by atoms with Gasteiger partial charge >= 0.3 is 0 Å². The van der Waals surface area contributed by atoms with Crippen LogP contribution in [-0.4, -0.2) is 30.0 Å². The number of nitrogens with one attached hydrogen (secondary N) is 1. The van der Waals surface area contributed by atoms with Gasteiger partial charge in [-0.1, -0.05) is 51.6 Å². The quantitative estimate of drug-likeness (QED) is 0.669. The number of hydrogen-bond acceptors (Lipinski definition) is 3. The molecule has 0 amide bonds. The van der Waals surface area contributed by atoms with Crippen LogP contribution in [0.2, 0.25) is 5.02 Å². The molecule has 21 heavy (non-hydrogen) atoms. The number of ether oxygens (including phenoxy) is 1. The van der Waals surface area contributed by atoms with Gasteiger partial charge in [-0.3, -0.25) is 4.68 Å². The first-order chi connectivity index (χ1) is 10.2. The van der Waals surface area contributed by atoms with Crippen LogP contribution in [0.15, 0.2) is 6.20 Å². The van der Waals surface area contributed by atoms with Gasteiger partial charge in [-0.2, -0.15) is 5.10 Å². The minimum Gasteiger partial charge on any atom is -0.383 e. The van der Waals surface area contributed by atoms with Gasteiger partial charge in [0.15, 0.2) is 0 Å². The van der Waals surface area contributed by atoms with Crippen molar-refractivity contribution in [2.75, 3.05) is 20.3 Å². The molecule has 1 aromatic rings. The summed E-state index contributed by atoms with van der Waals surface area (Å²) in [6, 6.07) is 0.262. The molecule has 1 heterocycles. The van der Waals surface area contributed by atoms with Crippen molar-refractivity contribution in [1.29, 1.82) is 0 Å². The maximum absolute atomic E-state index is 6.43. The van der Waals surface area contributed by atoms with E-state index in [1.807, 2.05) is 4.68 Å². The third-order valence-electron chi connectivity index (χ3n) is 3.98. The Morgan fingerprint density at radius 2 is 2.14 bits per heavy atom. The number of unbranched alkanes of at least 4 members (excludes halogenated alkanes) is 1. The molecule has 1 rings (SSSR count). The first-order valence-corrected chi connectivity index (χ1v) is 8.50. The van der Waals surface area contributed by atoms with Crippen LogP contribution in [0.3, 0.4) is 0 Å². The Hall–Kier alpha value is -0.580. The van der Waals surface area contributed by atoms with E-state index in [4.69, 9.17) is 16.3 Å². The van der Waals surface area contributed by atoms with E-state index in [9.17, 15) is 0 Å². The summed E-state index contributed by atoms with van der Waals surface area (Å²) in [7, 11) is 1.71. The highest BCUT2D eigenvalue weighted by atomic mass is 35.5.